The van der Waals surface area contributed by atoms with E-state index in [0.717, 1.165) is 29.2 Å². The van der Waals surface area contributed by atoms with Crippen molar-refractivity contribution in [2.45, 2.75) is 110 Å². The average molecular weight is 563 g/mol. The molecule has 0 bridgehead atoms. The molecule has 0 spiro atoms. The van der Waals surface area contributed by atoms with E-state index in [4.69, 9.17) is 14.2 Å². The van der Waals surface area contributed by atoms with Crippen LogP contribution in [-0.2, 0) is 19.0 Å². The number of fused-ring (bicyclic) bond motifs is 5. The van der Waals surface area contributed by atoms with Crippen LogP contribution in [0.25, 0.3) is 0 Å². The number of ether oxygens (including phenoxy) is 3. The number of nitrogens with zero attached hydrogens (tertiary/aromatic N) is 1. The summed E-state index contributed by atoms with van der Waals surface area (Å²) < 4.78 is 19.4. The van der Waals surface area contributed by atoms with E-state index in [-0.39, 0.29) is 17.9 Å². The minimum atomic E-state index is -1.27. The summed E-state index contributed by atoms with van der Waals surface area (Å²) in [5, 5.41) is 9.34. The maximum absolute atomic E-state index is 11.4. The van der Waals surface area contributed by atoms with Crippen LogP contribution in [0.2, 0.25) is 0 Å². The van der Waals surface area contributed by atoms with E-state index in [1.807, 2.05) is 6.92 Å². The molecule has 6 heteroatoms. The SMILES string of the molecule is C=COC(C)(OC=C)O[C@H]1C[C@H]2[C@@H](CC[C@@H]3CCCC[C@@]32C)[C@@H]2CC[C@H]([C@H](C)CCC(=O)O)[C@@]12C.C[N+](C)(C)C. The van der Waals surface area contributed by atoms with Crippen molar-refractivity contribution in [1.29, 1.82) is 0 Å². The van der Waals surface area contributed by atoms with Gasteiger partial charge in [-0.1, -0.05) is 46.8 Å². The van der Waals surface area contributed by atoms with Gasteiger partial charge in [-0.3, -0.25) is 4.79 Å². The zero-order chi connectivity index (χ0) is 29.9. The van der Waals surface area contributed by atoms with Gasteiger partial charge in [-0.25, -0.2) is 0 Å². The molecule has 0 radical (unpaired) electrons. The highest BCUT2D eigenvalue weighted by Crippen LogP contribution is 2.69. The molecule has 0 aromatic carbocycles. The number of rotatable bonds is 10. The first-order valence-corrected chi connectivity index (χ1v) is 15.8. The first kappa shape index (κ1) is 33.0. The van der Waals surface area contributed by atoms with Crippen molar-refractivity contribution in [3.05, 3.63) is 25.7 Å². The lowest BCUT2D eigenvalue weighted by Crippen LogP contribution is -2.60. The minimum absolute atomic E-state index is 0.0315. The Hall–Kier alpha value is -1.53. The van der Waals surface area contributed by atoms with Gasteiger partial charge in [0.15, 0.2) is 0 Å². The Morgan fingerprint density at radius 3 is 2.23 bits per heavy atom. The van der Waals surface area contributed by atoms with Crippen LogP contribution in [0.5, 0.6) is 0 Å². The Morgan fingerprint density at radius 1 is 1.02 bits per heavy atom. The largest absolute Gasteiger partial charge is 0.481 e. The van der Waals surface area contributed by atoms with Crippen LogP contribution in [0.1, 0.15) is 98.3 Å². The highest BCUT2D eigenvalue weighted by atomic mass is 16.9. The number of quaternary nitrogens is 1. The van der Waals surface area contributed by atoms with Crippen molar-refractivity contribution in [1.82, 2.24) is 0 Å². The molecule has 4 aliphatic carbocycles. The van der Waals surface area contributed by atoms with Gasteiger partial charge in [-0.15, -0.1) is 0 Å². The van der Waals surface area contributed by atoms with Gasteiger partial charge in [0.1, 0.15) is 0 Å². The van der Waals surface area contributed by atoms with E-state index in [2.05, 4.69) is 62.1 Å². The molecular weight excluding hydrogens is 502 g/mol. The van der Waals surface area contributed by atoms with Crippen LogP contribution in [-0.4, -0.2) is 55.8 Å². The molecule has 0 aromatic rings. The number of hydrogen-bond acceptors (Lipinski definition) is 4. The first-order chi connectivity index (χ1) is 18.6. The fraction of sp³-hybridized carbons (Fsp3) is 0.853. The zero-order valence-corrected chi connectivity index (χ0v) is 26.9. The monoisotopic (exact) mass is 562 g/mol. The third kappa shape index (κ3) is 7.09. The second-order valence-corrected chi connectivity index (χ2v) is 15.3. The summed E-state index contributed by atoms with van der Waals surface area (Å²) in [7, 11) is 8.50. The van der Waals surface area contributed by atoms with E-state index >= 15 is 0 Å². The van der Waals surface area contributed by atoms with Crippen molar-refractivity contribution in [2.24, 2.45) is 46.3 Å². The van der Waals surface area contributed by atoms with E-state index in [9.17, 15) is 9.90 Å². The third-order valence-electron chi connectivity index (χ3n) is 11.2. The molecule has 9 atom stereocenters. The molecule has 0 amide bonds. The topological polar surface area (TPSA) is 65.0 Å². The summed E-state index contributed by atoms with van der Waals surface area (Å²) in [6.07, 6.45) is 15.2. The Labute approximate surface area is 245 Å². The molecule has 0 heterocycles. The van der Waals surface area contributed by atoms with Crippen molar-refractivity contribution in [3.8, 4) is 0 Å². The Balaban J connectivity index is 0.000000810. The summed E-state index contributed by atoms with van der Waals surface area (Å²) in [4.78, 5) is 11.4. The predicted molar refractivity (Wildman–Crippen MR) is 161 cm³/mol. The van der Waals surface area contributed by atoms with Gasteiger partial charge < -0.3 is 23.8 Å². The van der Waals surface area contributed by atoms with Gasteiger partial charge in [0, 0.05) is 18.8 Å². The smallest absolute Gasteiger partial charge is 0.367 e. The third-order valence-corrected chi connectivity index (χ3v) is 11.2. The number of hydrogen-bond donors (Lipinski definition) is 1. The quantitative estimate of drug-likeness (QED) is 0.167. The zero-order valence-electron chi connectivity index (χ0n) is 26.9. The summed E-state index contributed by atoms with van der Waals surface area (Å²) >= 11 is 0. The lowest BCUT2D eigenvalue weighted by Gasteiger charge is -2.63. The van der Waals surface area contributed by atoms with Crippen LogP contribution in [0, 0.1) is 46.3 Å². The van der Waals surface area contributed by atoms with E-state index in [1.165, 1.54) is 57.5 Å². The molecule has 0 aliphatic heterocycles. The van der Waals surface area contributed by atoms with E-state index < -0.39 is 11.9 Å². The predicted octanol–water partition coefficient (Wildman–Crippen LogP) is 7.85. The molecule has 4 aliphatic rings. The molecular formula is C34H60NO5+. The van der Waals surface area contributed by atoms with Crippen molar-refractivity contribution in [3.63, 3.8) is 0 Å². The summed E-state index contributed by atoms with van der Waals surface area (Å²) in [5.74, 6) is 1.56. The van der Waals surface area contributed by atoms with Crippen LogP contribution in [0.4, 0.5) is 0 Å². The molecule has 1 N–H and O–H groups in total. The molecule has 230 valence electrons. The number of carboxylic acids is 1. The summed E-state index contributed by atoms with van der Waals surface area (Å²) in [5.41, 5.74) is 0.333. The highest BCUT2D eigenvalue weighted by molar-refractivity contribution is 5.66. The van der Waals surface area contributed by atoms with Crippen molar-refractivity contribution < 1.29 is 28.6 Å². The second-order valence-electron chi connectivity index (χ2n) is 15.3. The number of carbonyl (C=O) groups is 1. The van der Waals surface area contributed by atoms with E-state index in [1.54, 1.807) is 0 Å². The van der Waals surface area contributed by atoms with E-state index in [0.29, 0.717) is 35.5 Å². The molecule has 0 saturated heterocycles. The first-order valence-electron chi connectivity index (χ1n) is 15.8. The fourth-order valence-electron chi connectivity index (χ4n) is 9.57. The van der Waals surface area contributed by atoms with Gasteiger partial charge in [0.05, 0.1) is 46.8 Å². The Kier molecular flexibility index (Phi) is 10.5. The summed E-state index contributed by atoms with van der Waals surface area (Å²) in [6, 6.07) is 0. The van der Waals surface area contributed by atoms with Gasteiger partial charge >= 0.3 is 11.9 Å². The van der Waals surface area contributed by atoms with Gasteiger partial charge in [0.2, 0.25) is 0 Å². The standard InChI is InChI=1S/C30H48O5.C4H12N/c1-7-33-30(6,34-8-2)35-26-19-25-22(14-13-21-11-9-10-18-28(21,25)4)24-16-15-23(29(24,26)5)20(3)12-17-27(31)32;1-5(2,3)4/h7-8,20-26H,1-2,9-19H2,3-6H3,(H,31,32);1-4H3/q;+1/t20-,21+,22+,23-,24+,25+,26+,28+,29-;/m1./s1. The molecule has 0 aromatic heterocycles. The molecule has 0 unspecified atom stereocenters. The lowest BCUT2D eigenvalue weighted by molar-refractivity contribution is -0.849. The Morgan fingerprint density at radius 2 is 1.65 bits per heavy atom. The lowest BCUT2D eigenvalue weighted by atomic mass is 9.44. The maximum atomic E-state index is 11.4. The van der Waals surface area contributed by atoms with Crippen molar-refractivity contribution >= 4 is 5.97 Å². The maximum Gasteiger partial charge on any atom is 0.367 e. The summed E-state index contributed by atoms with van der Waals surface area (Å²) in [6.45, 7) is 16.6. The molecule has 4 fully saturated rings. The highest BCUT2D eigenvalue weighted by Gasteiger charge is 2.65. The average Bonchev–Trinajstić information content (AvgIpc) is 3.20. The van der Waals surface area contributed by atoms with Gasteiger partial charge in [0.25, 0.3) is 0 Å². The molecule has 6 nitrogen and oxygen atoms in total. The van der Waals surface area contributed by atoms with Crippen LogP contribution in [0.15, 0.2) is 25.7 Å². The molecule has 4 saturated carbocycles. The fourth-order valence-corrected chi connectivity index (χ4v) is 9.57. The Bertz CT molecular complexity index is 866. The second kappa shape index (κ2) is 12.8. The molecule has 4 rings (SSSR count). The van der Waals surface area contributed by atoms with Gasteiger partial charge in [-0.05, 0) is 92.3 Å². The molecule has 40 heavy (non-hydrogen) atoms. The number of carboxylic acid groups (broad SMARTS) is 1. The van der Waals surface area contributed by atoms with Crippen molar-refractivity contribution in [2.75, 3.05) is 28.2 Å². The van der Waals surface area contributed by atoms with Gasteiger partial charge in [-0.2, -0.15) is 0 Å². The van der Waals surface area contributed by atoms with Crippen LogP contribution >= 0.6 is 0 Å². The van der Waals surface area contributed by atoms with Crippen LogP contribution in [0.3, 0.4) is 0 Å². The normalized spacial score (nSPS) is 37.9. The van der Waals surface area contributed by atoms with Crippen LogP contribution < -0.4 is 0 Å². The number of aliphatic carboxylic acids is 1. The minimum Gasteiger partial charge on any atom is -0.481 e.